The standard InChI is InChI=1S/C25H22ClNO5/c1-14-4-10-17(11-5-14)27-18-12-13-19(28)21(18)20(15-6-8-16(26)9-7-15)22(24(29)31-2)23(27)25(30)32-3/h4-11,20H,12-13H2,1-3H3. The first-order chi connectivity index (χ1) is 15.4. The van der Waals surface area contributed by atoms with Gasteiger partial charge in [0.1, 0.15) is 5.70 Å². The molecule has 32 heavy (non-hydrogen) atoms. The van der Waals surface area contributed by atoms with Crippen LogP contribution in [0.25, 0.3) is 0 Å². The fourth-order valence-corrected chi connectivity index (χ4v) is 4.47. The van der Waals surface area contributed by atoms with Gasteiger partial charge in [0.05, 0.1) is 19.8 Å². The number of Topliss-reactive ketones (excluding diaryl/α,β-unsaturated/α-hetero) is 1. The molecule has 6 nitrogen and oxygen atoms in total. The second-order valence-corrected chi connectivity index (χ2v) is 8.12. The minimum absolute atomic E-state index is 0.0524. The minimum Gasteiger partial charge on any atom is -0.466 e. The Bertz CT molecular complexity index is 1160. The predicted octanol–water partition coefficient (Wildman–Crippen LogP) is 4.47. The molecule has 0 fully saturated rings. The van der Waals surface area contributed by atoms with Crippen molar-refractivity contribution in [2.75, 3.05) is 19.1 Å². The number of benzene rings is 2. The third kappa shape index (κ3) is 3.60. The molecule has 164 valence electrons. The summed E-state index contributed by atoms with van der Waals surface area (Å²) in [6.07, 6.45) is 0.737. The van der Waals surface area contributed by atoms with Gasteiger partial charge in [-0.2, -0.15) is 0 Å². The van der Waals surface area contributed by atoms with Gasteiger partial charge < -0.3 is 14.4 Å². The Labute approximate surface area is 191 Å². The Morgan fingerprint density at radius 1 is 0.938 bits per heavy atom. The van der Waals surface area contributed by atoms with Gasteiger partial charge in [-0.15, -0.1) is 0 Å². The average Bonchev–Trinajstić information content (AvgIpc) is 3.19. The van der Waals surface area contributed by atoms with Crippen LogP contribution in [0, 0.1) is 6.92 Å². The van der Waals surface area contributed by atoms with Crippen LogP contribution in [0.15, 0.2) is 71.1 Å². The molecule has 7 heteroatoms. The molecule has 0 amide bonds. The van der Waals surface area contributed by atoms with E-state index in [1.165, 1.54) is 14.2 Å². The molecule has 0 aromatic heterocycles. The SMILES string of the molecule is COC(=O)C1=C(C(=O)OC)N(c2ccc(C)cc2)C2=C(C(=O)CC2)C1c1ccc(Cl)cc1. The number of anilines is 1. The molecule has 0 radical (unpaired) electrons. The quantitative estimate of drug-likeness (QED) is 0.638. The van der Waals surface area contributed by atoms with Gasteiger partial charge in [0.15, 0.2) is 5.78 Å². The van der Waals surface area contributed by atoms with Gasteiger partial charge in [-0.05, 0) is 43.2 Å². The zero-order valence-electron chi connectivity index (χ0n) is 18.0. The normalized spacial score (nSPS) is 18.1. The number of methoxy groups -OCH3 is 2. The second-order valence-electron chi connectivity index (χ2n) is 7.68. The van der Waals surface area contributed by atoms with Crippen LogP contribution in [0.5, 0.6) is 0 Å². The highest BCUT2D eigenvalue weighted by Crippen LogP contribution is 2.49. The predicted molar refractivity (Wildman–Crippen MR) is 120 cm³/mol. The Kier molecular flexibility index (Phi) is 5.89. The van der Waals surface area contributed by atoms with Crippen molar-refractivity contribution in [3.8, 4) is 0 Å². The van der Waals surface area contributed by atoms with E-state index in [4.69, 9.17) is 21.1 Å². The second kappa shape index (κ2) is 8.63. The van der Waals surface area contributed by atoms with Gasteiger partial charge in [-0.3, -0.25) is 4.79 Å². The molecule has 0 N–H and O–H groups in total. The molecule has 1 aliphatic heterocycles. The topological polar surface area (TPSA) is 72.9 Å². The van der Waals surface area contributed by atoms with E-state index in [0.717, 1.165) is 5.56 Å². The molecule has 1 unspecified atom stereocenters. The summed E-state index contributed by atoms with van der Waals surface area (Å²) in [4.78, 5) is 41.0. The zero-order valence-corrected chi connectivity index (χ0v) is 18.7. The highest BCUT2D eigenvalue weighted by molar-refractivity contribution is 6.30. The summed E-state index contributed by atoms with van der Waals surface area (Å²) < 4.78 is 10.2. The number of carbonyl (C=O) groups excluding carboxylic acids is 3. The first kappa shape index (κ1) is 21.8. The van der Waals surface area contributed by atoms with Crippen LogP contribution in [0.4, 0.5) is 5.69 Å². The van der Waals surface area contributed by atoms with E-state index in [1.54, 1.807) is 29.2 Å². The number of hydrogen-bond acceptors (Lipinski definition) is 6. The highest BCUT2D eigenvalue weighted by Gasteiger charge is 2.47. The van der Waals surface area contributed by atoms with Gasteiger partial charge >= 0.3 is 11.9 Å². The number of halogens is 1. The maximum atomic E-state index is 13.1. The molecule has 0 spiro atoms. The summed E-state index contributed by atoms with van der Waals surface area (Å²) in [6.45, 7) is 1.96. The number of nitrogens with zero attached hydrogens (tertiary/aromatic N) is 1. The number of carbonyl (C=O) groups is 3. The summed E-state index contributed by atoms with van der Waals surface area (Å²) >= 11 is 6.07. The van der Waals surface area contributed by atoms with Crippen LogP contribution in [0.2, 0.25) is 5.02 Å². The number of esters is 2. The molecule has 4 rings (SSSR count). The largest absolute Gasteiger partial charge is 0.466 e. The third-order valence-electron chi connectivity index (χ3n) is 5.81. The van der Waals surface area contributed by atoms with E-state index in [9.17, 15) is 14.4 Å². The van der Waals surface area contributed by atoms with Crippen molar-refractivity contribution >= 4 is 35.0 Å². The van der Waals surface area contributed by atoms with E-state index in [0.29, 0.717) is 40.4 Å². The molecule has 2 aromatic rings. The third-order valence-corrected chi connectivity index (χ3v) is 6.06. The van der Waals surface area contributed by atoms with E-state index in [-0.39, 0.29) is 17.1 Å². The van der Waals surface area contributed by atoms with Crippen molar-refractivity contribution in [3.63, 3.8) is 0 Å². The summed E-state index contributed by atoms with van der Waals surface area (Å²) in [5.74, 6) is -2.22. The number of hydrogen-bond donors (Lipinski definition) is 0. The van der Waals surface area contributed by atoms with E-state index >= 15 is 0 Å². The lowest BCUT2D eigenvalue weighted by Gasteiger charge is -2.37. The van der Waals surface area contributed by atoms with Crippen molar-refractivity contribution in [1.29, 1.82) is 0 Å². The lowest BCUT2D eigenvalue weighted by molar-refractivity contribution is -0.139. The van der Waals surface area contributed by atoms with Crippen LogP contribution < -0.4 is 4.90 Å². The maximum absolute atomic E-state index is 13.1. The first-order valence-corrected chi connectivity index (χ1v) is 10.5. The van der Waals surface area contributed by atoms with Crippen LogP contribution in [-0.4, -0.2) is 31.9 Å². The lowest BCUT2D eigenvalue weighted by atomic mass is 9.79. The molecule has 0 saturated heterocycles. The number of ketones is 1. The Balaban J connectivity index is 2.06. The lowest BCUT2D eigenvalue weighted by Crippen LogP contribution is -2.37. The van der Waals surface area contributed by atoms with E-state index in [2.05, 4.69) is 0 Å². The summed E-state index contributed by atoms with van der Waals surface area (Å²) in [5.41, 5.74) is 3.66. The van der Waals surface area contributed by atoms with Crippen molar-refractivity contribution in [1.82, 2.24) is 0 Å². The summed E-state index contributed by atoms with van der Waals surface area (Å²) in [6, 6.07) is 14.4. The Hall–Kier alpha value is -3.38. The number of aryl methyl sites for hydroxylation is 1. The maximum Gasteiger partial charge on any atom is 0.355 e. The minimum atomic E-state index is -0.763. The van der Waals surface area contributed by atoms with Gasteiger partial charge in [-0.25, -0.2) is 9.59 Å². The molecule has 0 saturated carbocycles. The molecule has 0 bridgehead atoms. The van der Waals surface area contributed by atoms with Gasteiger partial charge in [0.25, 0.3) is 0 Å². The fourth-order valence-electron chi connectivity index (χ4n) is 4.35. The van der Waals surface area contributed by atoms with Crippen LogP contribution >= 0.6 is 11.6 Å². The van der Waals surface area contributed by atoms with Crippen LogP contribution in [0.3, 0.4) is 0 Å². The van der Waals surface area contributed by atoms with Crippen molar-refractivity contribution in [2.24, 2.45) is 0 Å². The molecular formula is C25H22ClNO5. The van der Waals surface area contributed by atoms with Crippen LogP contribution in [0.1, 0.15) is 29.9 Å². The number of ether oxygens (including phenoxy) is 2. The molecule has 1 atom stereocenters. The summed E-state index contributed by atoms with van der Waals surface area (Å²) in [5, 5.41) is 0.523. The smallest absolute Gasteiger partial charge is 0.355 e. The van der Waals surface area contributed by atoms with Crippen molar-refractivity contribution in [2.45, 2.75) is 25.7 Å². The van der Waals surface area contributed by atoms with Crippen molar-refractivity contribution < 1.29 is 23.9 Å². The van der Waals surface area contributed by atoms with Crippen molar-refractivity contribution in [3.05, 3.63) is 87.2 Å². The van der Waals surface area contributed by atoms with Crippen LogP contribution in [-0.2, 0) is 23.9 Å². The Morgan fingerprint density at radius 2 is 1.56 bits per heavy atom. The van der Waals surface area contributed by atoms with Gasteiger partial charge in [-0.1, -0.05) is 41.4 Å². The molecule has 1 aliphatic carbocycles. The molecule has 2 aliphatic rings. The summed E-state index contributed by atoms with van der Waals surface area (Å²) in [7, 11) is 2.51. The molecule has 1 heterocycles. The fraction of sp³-hybridized carbons (Fsp3) is 0.240. The monoisotopic (exact) mass is 451 g/mol. The first-order valence-electron chi connectivity index (χ1n) is 10.2. The number of allylic oxidation sites excluding steroid dienone is 2. The highest BCUT2D eigenvalue weighted by atomic mass is 35.5. The van der Waals surface area contributed by atoms with Gasteiger partial charge in [0, 0.05) is 34.3 Å². The van der Waals surface area contributed by atoms with Gasteiger partial charge in [0.2, 0.25) is 0 Å². The average molecular weight is 452 g/mol. The van der Waals surface area contributed by atoms with E-state index in [1.807, 2.05) is 31.2 Å². The number of rotatable bonds is 4. The molecular weight excluding hydrogens is 430 g/mol. The Morgan fingerprint density at radius 3 is 2.16 bits per heavy atom. The van der Waals surface area contributed by atoms with E-state index < -0.39 is 17.9 Å². The zero-order chi connectivity index (χ0) is 23.0. The molecule has 2 aromatic carbocycles.